The van der Waals surface area contributed by atoms with Crippen LogP contribution in [0.4, 0.5) is 0 Å². The minimum atomic E-state index is -4.74. The summed E-state index contributed by atoms with van der Waals surface area (Å²) in [5, 5.41) is 0. The molecule has 0 aromatic carbocycles. The van der Waals surface area contributed by atoms with Crippen LogP contribution in [-0.4, -0.2) is 41.0 Å². The molecule has 43 heavy (non-hydrogen) atoms. The number of carbonyl (C=O) groups excluding carboxylic acids is 2. The molecule has 0 saturated carbocycles. The lowest BCUT2D eigenvalue weighted by Crippen LogP contribution is -2.29. The first-order chi connectivity index (χ1) is 20.8. The smallest absolute Gasteiger partial charge is 0.462 e. The Balaban J connectivity index is 3.91. The first kappa shape index (κ1) is 41.8. The van der Waals surface area contributed by atoms with E-state index in [1.54, 1.807) is 0 Å². The molecular weight excluding hydrogens is 567 g/mol. The molecule has 8 nitrogen and oxygen atoms in total. The number of ether oxygens (including phenoxy) is 2. The summed E-state index contributed by atoms with van der Waals surface area (Å²) in [4.78, 5) is 42.4. The molecule has 0 bridgehead atoms. The number of hydrogen-bond acceptors (Lipinski definition) is 6. The van der Waals surface area contributed by atoms with Gasteiger partial charge in [0.05, 0.1) is 6.61 Å². The van der Waals surface area contributed by atoms with Gasteiger partial charge in [0.1, 0.15) is 6.61 Å². The molecular formula is C34H65O8P. The first-order valence-electron chi connectivity index (χ1n) is 17.5. The highest BCUT2D eigenvalue weighted by Crippen LogP contribution is 2.36. The zero-order valence-corrected chi connectivity index (χ0v) is 28.5. The molecule has 0 aliphatic rings. The molecule has 2 N–H and O–H groups in total. The second-order valence-electron chi connectivity index (χ2n) is 11.8. The van der Waals surface area contributed by atoms with E-state index in [1.807, 2.05) is 0 Å². The Morgan fingerprint density at radius 1 is 0.581 bits per heavy atom. The Morgan fingerprint density at radius 3 is 1.42 bits per heavy atom. The lowest BCUT2D eigenvalue weighted by atomic mass is 10.1. The van der Waals surface area contributed by atoms with Crippen LogP contribution in [0.25, 0.3) is 0 Å². The summed E-state index contributed by atoms with van der Waals surface area (Å²) in [6, 6.07) is 0. The summed E-state index contributed by atoms with van der Waals surface area (Å²) < 4.78 is 26.1. The van der Waals surface area contributed by atoms with Crippen LogP contribution in [0.15, 0.2) is 12.2 Å². The van der Waals surface area contributed by atoms with Crippen LogP contribution in [-0.2, 0) is 28.2 Å². The number of esters is 2. The molecule has 9 heteroatoms. The molecule has 0 aromatic heterocycles. The number of phosphoric acid groups is 1. The number of carbonyl (C=O) groups is 2. The summed E-state index contributed by atoms with van der Waals surface area (Å²) in [7, 11) is -4.74. The van der Waals surface area contributed by atoms with Crippen LogP contribution in [0.1, 0.15) is 174 Å². The van der Waals surface area contributed by atoms with Gasteiger partial charge in [0.25, 0.3) is 0 Å². The molecule has 0 fully saturated rings. The molecule has 1 unspecified atom stereocenters. The molecule has 0 radical (unpaired) electrons. The molecule has 0 aliphatic carbocycles. The van der Waals surface area contributed by atoms with Crippen LogP contribution >= 0.6 is 7.82 Å². The topological polar surface area (TPSA) is 119 Å². The summed E-state index contributed by atoms with van der Waals surface area (Å²) in [5.41, 5.74) is 0. The van der Waals surface area contributed by atoms with Gasteiger partial charge in [0.2, 0.25) is 0 Å². The van der Waals surface area contributed by atoms with E-state index in [0.717, 1.165) is 51.4 Å². The summed E-state index contributed by atoms with van der Waals surface area (Å²) in [5.74, 6) is -0.893. The van der Waals surface area contributed by atoms with Gasteiger partial charge in [0.15, 0.2) is 6.10 Å². The van der Waals surface area contributed by atoms with Crippen LogP contribution in [0.5, 0.6) is 0 Å². The number of allylic oxidation sites excluding steroid dienone is 2. The Hall–Kier alpha value is -1.21. The Kier molecular flexibility index (Phi) is 29.9. The van der Waals surface area contributed by atoms with E-state index < -0.39 is 32.5 Å². The van der Waals surface area contributed by atoms with Crippen molar-refractivity contribution in [3.8, 4) is 0 Å². The molecule has 0 saturated heterocycles. The van der Waals surface area contributed by atoms with Gasteiger partial charge in [-0.1, -0.05) is 135 Å². The molecule has 0 amide bonds. The van der Waals surface area contributed by atoms with E-state index in [0.29, 0.717) is 6.42 Å². The molecule has 0 aliphatic heterocycles. The lowest BCUT2D eigenvalue weighted by molar-refractivity contribution is -0.161. The van der Waals surface area contributed by atoms with Gasteiger partial charge in [0, 0.05) is 12.8 Å². The van der Waals surface area contributed by atoms with E-state index >= 15 is 0 Å². The molecule has 1 atom stereocenters. The first-order valence-corrected chi connectivity index (χ1v) is 19.0. The highest BCUT2D eigenvalue weighted by atomic mass is 31.2. The maximum absolute atomic E-state index is 12.3. The van der Waals surface area contributed by atoms with Crippen molar-refractivity contribution in [2.45, 2.75) is 180 Å². The van der Waals surface area contributed by atoms with Crippen LogP contribution in [0.2, 0.25) is 0 Å². The molecule has 0 aromatic rings. The number of unbranched alkanes of at least 4 members (excludes halogenated alkanes) is 20. The van der Waals surface area contributed by atoms with Crippen LogP contribution in [0.3, 0.4) is 0 Å². The van der Waals surface area contributed by atoms with Crippen LogP contribution < -0.4 is 0 Å². The van der Waals surface area contributed by atoms with Crippen molar-refractivity contribution in [1.29, 1.82) is 0 Å². The second-order valence-corrected chi connectivity index (χ2v) is 13.1. The minimum Gasteiger partial charge on any atom is -0.462 e. The van der Waals surface area contributed by atoms with Gasteiger partial charge in [-0.25, -0.2) is 4.57 Å². The quantitative estimate of drug-likeness (QED) is 0.0325. The van der Waals surface area contributed by atoms with Crippen molar-refractivity contribution >= 4 is 19.8 Å². The Morgan fingerprint density at radius 2 is 0.977 bits per heavy atom. The fraction of sp³-hybridized carbons (Fsp3) is 0.882. The highest BCUT2D eigenvalue weighted by molar-refractivity contribution is 7.46. The Bertz CT molecular complexity index is 721. The second kappa shape index (κ2) is 30.8. The standard InChI is InChI=1S/C34H65O8P/c1-3-5-7-9-11-12-13-14-15-16-17-18-19-20-21-23-25-27-29-34(36)42-32(31-41-43(37,38)39)30-40-33(35)28-26-24-22-10-8-6-4-2/h15-16,32H,3-14,17-31H2,1-2H3,(H2,37,38,39)/b16-15-. The molecule has 0 rings (SSSR count). The molecule has 0 spiro atoms. The van der Waals surface area contributed by atoms with Gasteiger partial charge in [-0.3, -0.25) is 14.1 Å². The predicted molar refractivity (Wildman–Crippen MR) is 175 cm³/mol. The van der Waals surface area contributed by atoms with Gasteiger partial charge in [-0.05, 0) is 38.5 Å². The van der Waals surface area contributed by atoms with E-state index in [2.05, 4.69) is 30.5 Å². The zero-order valence-electron chi connectivity index (χ0n) is 27.6. The number of rotatable bonds is 32. The molecule has 0 heterocycles. The van der Waals surface area contributed by atoms with Crippen molar-refractivity contribution < 1.29 is 37.9 Å². The summed E-state index contributed by atoms with van der Waals surface area (Å²) >= 11 is 0. The number of hydrogen-bond donors (Lipinski definition) is 2. The van der Waals surface area contributed by atoms with Crippen molar-refractivity contribution in [2.75, 3.05) is 13.2 Å². The minimum absolute atomic E-state index is 0.210. The van der Waals surface area contributed by atoms with Gasteiger partial charge in [-0.15, -0.1) is 0 Å². The highest BCUT2D eigenvalue weighted by Gasteiger charge is 2.22. The maximum atomic E-state index is 12.3. The van der Waals surface area contributed by atoms with Gasteiger partial charge in [-0.2, -0.15) is 0 Å². The predicted octanol–water partition coefficient (Wildman–Crippen LogP) is 9.90. The van der Waals surface area contributed by atoms with E-state index in [1.165, 1.54) is 89.9 Å². The van der Waals surface area contributed by atoms with E-state index in [9.17, 15) is 14.2 Å². The van der Waals surface area contributed by atoms with Crippen LogP contribution in [0, 0.1) is 0 Å². The van der Waals surface area contributed by atoms with Crippen molar-refractivity contribution in [1.82, 2.24) is 0 Å². The van der Waals surface area contributed by atoms with Crippen molar-refractivity contribution in [3.63, 3.8) is 0 Å². The zero-order chi connectivity index (χ0) is 31.9. The van der Waals surface area contributed by atoms with E-state index in [-0.39, 0.29) is 19.4 Å². The average Bonchev–Trinajstić information content (AvgIpc) is 2.97. The fourth-order valence-corrected chi connectivity index (χ4v) is 5.26. The normalized spacial score (nSPS) is 12.6. The summed E-state index contributed by atoms with van der Waals surface area (Å²) in [6.07, 6.45) is 31.0. The third-order valence-electron chi connectivity index (χ3n) is 7.53. The third-order valence-corrected chi connectivity index (χ3v) is 8.02. The lowest BCUT2D eigenvalue weighted by Gasteiger charge is -2.18. The monoisotopic (exact) mass is 632 g/mol. The Labute approximate surface area is 263 Å². The van der Waals surface area contributed by atoms with Gasteiger partial charge >= 0.3 is 19.8 Å². The largest absolute Gasteiger partial charge is 0.469 e. The average molecular weight is 633 g/mol. The van der Waals surface area contributed by atoms with Gasteiger partial charge < -0.3 is 19.3 Å². The van der Waals surface area contributed by atoms with E-state index in [4.69, 9.17) is 19.3 Å². The summed E-state index contributed by atoms with van der Waals surface area (Å²) in [6.45, 7) is 3.61. The van der Waals surface area contributed by atoms with Crippen molar-refractivity contribution in [2.24, 2.45) is 0 Å². The number of phosphoric ester groups is 1. The third kappa shape index (κ3) is 33.5. The molecule has 254 valence electrons. The fourth-order valence-electron chi connectivity index (χ4n) is 4.90. The van der Waals surface area contributed by atoms with Crippen molar-refractivity contribution in [3.05, 3.63) is 12.2 Å². The maximum Gasteiger partial charge on any atom is 0.469 e. The SMILES string of the molecule is CCCCCCCCC/C=C\CCCCCCCCCC(=O)OC(COC(=O)CCCCCCCCC)COP(=O)(O)O.